The molecule has 5 heteroatoms. The lowest BCUT2D eigenvalue weighted by molar-refractivity contribution is 0.493. The van der Waals surface area contributed by atoms with Gasteiger partial charge in [0, 0.05) is 6.54 Å². The van der Waals surface area contributed by atoms with Gasteiger partial charge in [-0.15, -0.1) is 0 Å². The zero-order valence-corrected chi connectivity index (χ0v) is 7.45. The van der Waals surface area contributed by atoms with E-state index < -0.39 is 10.0 Å². The third-order valence-electron chi connectivity index (χ3n) is 1.98. The Balaban J connectivity index is 2.58. The van der Waals surface area contributed by atoms with Gasteiger partial charge in [-0.1, -0.05) is 0 Å². The highest BCUT2D eigenvalue weighted by atomic mass is 32.2. The van der Waals surface area contributed by atoms with E-state index in [-0.39, 0.29) is 5.25 Å². The maximum Gasteiger partial charge on any atom is 0.215 e. The Kier molecular flexibility index (Phi) is 2.86. The van der Waals surface area contributed by atoms with Crippen LogP contribution in [0.3, 0.4) is 0 Å². The number of rotatable bonds is 2. The molecule has 1 fully saturated rings. The van der Waals surface area contributed by atoms with Crippen LogP contribution in [0.4, 0.5) is 0 Å². The van der Waals surface area contributed by atoms with E-state index >= 15 is 0 Å². The molecule has 0 spiro atoms. The molecule has 0 saturated carbocycles. The van der Waals surface area contributed by atoms with Gasteiger partial charge in [-0.3, -0.25) is 0 Å². The van der Waals surface area contributed by atoms with E-state index in [2.05, 4.69) is 10.0 Å². The van der Waals surface area contributed by atoms with Crippen molar-refractivity contribution >= 4 is 10.0 Å². The van der Waals surface area contributed by atoms with Crippen molar-refractivity contribution in [2.45, 2.75) is 18.1 Å². The van der Waals surface area contributed by atoms with E-state index in [9.17, 15) is 8.42 Å². The highest BCUT2D eigenvalue weighted by Gasteiger charge is 2.24. The Labute approximate surface area is 67.4 Å². The van der Waals surface area contributed by atoms with Crippen molar-refractivity contribution in [1.82, 2.24) is 10.0 Å². The zero-order valence-electron chi connectivity index (χ0n) is 6.63. The molecule has 1 aliphatic rings. The molecule has 66 valence electrons. The van der Waals surface area contributed by atoms with Gasteiger partial charge in [0.25, 0.3) is 0 Å². The van der Waals surface area contributed by atoms with Gasteiger partial charge in [0.15, 0.2) is 0 Å². The van der Waals surface area contributed by atoms with Gasteiger partial charge < -0.3 is 5.32 Å². The van der Waals surface area contributed by atoms with Crippen LogP contribution in [0.2, 0.25) is 0 Å². The topological polar surface area (TPSA) is 58.2 Å². The van der Waals surface area contributed by atoms with E-state index in [1.54, 1.807) is 0 Å². The molecule has 4 nitrogen and oxygen atoms in total. The summed E-state index contributed by atoms with van der Waals surface area (Å²) in [6.07, 6.45) is 1.72. The SMILES string of the molecule is CNS(=O)(=O)[C@@H]1CCCNC1. The molecule has 1 heterocycles. The number of piperidine rings is 1. The molecule has 0 bridgehead atoms. The average molecular weight is 178 g/mol. The fraction of sp³-hybridized carbons (Fsp3) is 1.00. The lowest BCUT2D eigenvalue weighted by Crippen LogP contribution is -2.43. The van der Waals surface area contributed by atoms with Crippen molar-refractivity contribution < 1.29 is 8.42 Å². The third kappa shape index (κ3) is 2.15. The summed E-state index contributed by atoms with van der Waals surface area (Å²) in [6, 6.07) is 0. The lowest BCUT2D eigenvalue weighted by atomic mass is 10.2. The maximum atomic E-state index is 11.2. The molecular weight excluding hydrogens is 164 g/mol. The number of sulfonamides is 1. The van der Waals surface area contributed by atoms with Crippen molar-refractivity contribution in [3.05, 3.63) is 0 Å². The molecule has 1 aliphatic heterocycles. The summed E-state index contributed by atoms with van der Waals surface area (Å²) in [5.41, 5.74) is 0. The van der Waals surface area contributed by atoms with Crippen molar-refractivity contribution in [3.8, 4) is 0 Å². The van der Waals surface area contributed by atoms with Crippen LogP contribution in [0.5, 0.6) is 0 Å². The second kappa shape index (κ2) is 3.51. The first-order valence-electron chi connectivity index (χ1n) is 3.80. The number of nitrogens with one attached hydrogen (secondary N) is 2. The Morgan fingerprint density at radius 3 is 2.73 bits per heavy atom. The minimum absolute atomic E-state index is 0.235. The summed E-state index contributed by atoms with van der Waals surface area (Å²) in [6.45, 7) is 1.53. The molecule has 1 saturated heterocycles. The second-order valence-corrected chi connectivity index (χ2v) is 4.88. The molecule has 0 aromatic carbocycles. The monoisotopic (exact) mass is 178 g/mol. The third-order valence-corrected chi connectivity index (χ3v) is 3.82. The molecule has 0 aromatic rings. The smallest absolute Gasteiger partial charge is 0.215 e. The fourth-order valence-electron chi connectivity index (χ4n) is 1.25. The number of hydrogen-bond acceptors (Lipinski definition) is 3. The van der Waals surface area contributed by atoms with Gasteiger partial charge in [-0.05, 0) is 26.4 Å². The van der Waals surface area contributed by atoms with Crippen LogP contribution < -0.4 is 10.0 Å². The van der Waals surface area contributed by atoms with Gasteiger partial charge >= 0.3 is 0 Å². The van der Waals surface area contributed by atoms with Gasteiger partial charge in [-0.2, -0.15) is 0 Å². The van der Waals surface area contributed by atoms with Crippen molar-refractivity contribution in [2.75, 3.05) is 20.1 Å². The van der Waals surface area contributed by atoms with Crippen LogP contribution in [-0.2, 0) is 10.0 Å². The quantitative estimate of drug-likeness (QED) is 0.587. The van der Waals surface area contributed by atoms with Crippen LogP contribution >= 0.6 is 0 Å². The van der Waals surface area contributed by atoms with Crippen molar-refractivity contribution in [2.24, 2.45) is 0 Å². The van der Waals surface area contributed by atoms with Crippen LogP contribution in [0.15, 0.2) is 0 Å². The van der Waals surface area contributed by atoms with Crippen LogP contribution in [0, 0.1) is 0 Å². The van der Waals surface area contributed by atoms with Gasteiger partial charge in [0.2, 0.25) is 10.0 Å². The minimum atomic E-state index is -3.03. The largest absolute Gasteiger partial charge is 0.315 e. The highest BCUT2D eigenvalue weighted by molar-refractivity contribution is 7.90. The summed E-state index contributed by atoms with van der Waals surface area (Å²) in [4.78, 5) is 0. The molecule has 0 unspecified atom stereocenters. The van der Waals surface area contributed by atoms with E-state index in [0.29, 0.717) is 6.54 Å². The molecule has 1 atom stereocenters. The fourth-order valence-corrected chi connectivity index (χ4v) is 2.40. The molecule has 2 N–H and O–H groups in total. The minimum Gasteiger partial charge on any atom is -0.315 e. The van der Waals surface area contributed by atoms with E-state index in [1.807, 2.05) is 0 Å². The van der Waals surface area contributed by atoms with E-state index in [0.717, 1.165) is 19.4 Å². The normalized spacial score (nSPS) is 26.8. The summed E-state index contributed by atoms with van der Waals surface area (Å²) >= 11 is 0. The lowest BCUT2D eigenvalue weighted by Gasteiger charge is -2.21. The number of hydrogen-bond donors (Lipinski definition) is 2. The van der Waals surface area contributed by atoms with Gasteiger partial charge in [0.05, 0.1) is 5.25 Å². The Bertz CT molecular complexity index is 207. The van der Waals surface area contributed by atoms with Crippen molar-refractivity contribution in [1.29, 1.82) is 0 Å². The summed E-state index contributed by atoms with van der Waals surface area (Å²) in [7, 11) is -1.57. The maximum absolute atomic E-state index is 11.2. The summed E-state index contributed by atoms with van der Waals surface area (Å²) in [5, 5.41) is 2.82. The van der Waals surface area contributed by atoms with Crippen molar-refractivity contribution in [3.63, 3.8) is 0 Å². The molecule has 0 amide bonds. The standard InChI is InChI=1S/C6H14N2O2S/c1-7-11(9,10)6-3-2-4-8-5-6/h6-8H,2-5H2,1H3/t6-/m1/s1. The first-order chi connectivity index (χ1) is 5.17. The highest BCUT2D eigenvalue weighted by Crippen LogP contribution is 2.09. The first kappa shape index (κ1) is 8.96. The summed E-state index contributed by atoms with van der Waals surface area (Å²) in [5.74, 6) is 0. The zero-order chi connectivity index (χ0) is 8.32. The predicted octanol–water partition coefficient (Wildman–Crippen LogP) is -0.712. The Morgan fingerprint density at radius 1 is 1.55 bits per heavy atom. The van der Waals surface area contributed by atoms with Gasteiger partial charge in [-0.25, -0.2) is 13.1 Å². The average Bonchev–Trinajstić information content (AvgIpc) is 2.06. The molecule has 11 heavy (non-hydrogen) atoms. The van der Waals surface area contributed by atoms with E-state index in [4.69, 9.17) is 0 Å². The predicted molar refractivity (Wildman–Crippen MR) is 43.9 cm³/mol. The molecular formula is C6H14N2O2S. The molecule has 0 aliphatic carbocycles. The Morgan fingerprint density at radius 2 is 2.27 bits per heavy atom. The molecule has 0 aromatic heterocycles. The molecule has 1 rings (SSSR count). The van der Waals surface area contributed by atoms with Crippen LogP contribution in [-0.4, -0.2) is 33.8 Å². The summed E-state index contributed by atoms with van der Waals surface area (Å²) < 4.78 is 24.7. The second-order valence-electron chi connectivity index (χ2n) is 2.72. The molecule has 0 radical (unpaired) electrons. The first-order valence-corrected chi connectivity index (χ1v) is 5.34. The Hall–Kier alpha value is -0.130. The van der Waals surface area contributed by atoms with Gasteiger partial charge in [0.1, 0.15) is 0 Å². The van der Waals surface area contributed by atoms with Crippen LogP contribution in [0.25, 0.3) is 0 Å². The van der Waals surface area contributed by atoms with E-state index in [1.165, 1.54) is 7.05 Å². The van der Waals surface area contributed by atoms with Crippen LogP contribution in [0.1, 0.15) is 12.8 Å².